The van der Waals surface area contributed by atoms with Crippen molar-refractivity contribution in [2.45, 2.75) is 26.3 Å². The Hall–Kier alpha value is -0.0800. The molecule has 1 fully saturated rings. The van der Waals surface area contributed by atoms with Crippen LogP contribution in [0.25, 0.3) is 0 Å². The van der Waals surface area contributed by atoms with Gasteiger partial charge in [-0.15, -0.1) is 0 Å². The Labute approximate surface area is 56.8 Å². The first-order chi connectivity index (χ1) is 3.96. The summed E-state index contributed by atoms with van der Waals surface area (Å²) in [5, 5.41) is 3.28. The van der Waals surface area contributed by atoms with E-state index in [1.54, 1.807) is 0 Å². The highest BCUT2D eigenvalue weighted by atomic mass is 15.0. The molecule has 3 N–H and O–H groups in total. The highest BCUT2D eigenvalue weighted by molar-refractivity contribution is 5.02. The molecule has 1 rings (SSSR count). The van der Waals surface area contributed by atoms with Gasteiger partial charge in [0.2, 0.25) is 0 Å². The van der Waals surface area contributed by atoms with Crippen molar-refractivity contribution in [3.63, 3.8) is 0 Å². The highest BCUT2D eigenvalue weighted by Gasteiger charge is 2.41. The molecule has 1 unspecified atom stereocenters. The van der Waals surface area contributed by atoms with Gasteiger partial charge in [0.05, 0.1) is 0 Å². The van der Waals surface area contributed by atoms with E-state index in [1.807, 2.05) is 0 Å². The van der Waals surface area contributed by atoms with Crippen molar-refractivity contribution >= 4 is 0 Å². The largest absolute Gasteiger partial charge is 0.324 e. The molecule has 1 aliphatic rings. The Morgan fingerprint density at radius 1 is 1.22 bits per heavy atom. The zero-order valence-electron chi connectivity index (χ0n) is 6.49. The van der Waals surface area contributed by atoms with Crippen LogP contribution in [-0.4, -0.2) is 18.6 Å². The maximum Gasteiger partial charge on any atom is 0.0316 e. The fourth-order valence-electron chi connectivity index (χ4n) is 1.08. The molecule has 2 nitrogen and oxygen atoms in total. The van der Waals surface area contributed by atoms with Crippen molar-refractivity contribution in [3.8, 4) is 0 Å². The summed E-state index contributed by atoms with van der Waals surface area (Å²) in [6.45, 7) is 8.49. The Balaban J connectivity index is 2.75. The lowest BCUT2D eigenvalue weighted by Gasteiger charge is -2.32. The maximum atomic E-state index is 5.99. The minimum Gasteiger partial charge on any atom is -0.324 e. The third kappa shape index (κ3) is 0.970. The molecule has 1 heterocycles. The summed E-state index contributed by atoms with van der Waals surface area (Å²) < 4.78 is 0. The Bertz CT molecular complexity index is 102. The van der Waals surface area contributed by atoms with Crippen LogP contribution in [0.3, 0.4) is 0 Å². The van der Waals surface area contributed by atoms with Crippen LogP contribution in [0.1, 0.15) is 20.8 Å². The van der Waals surface area contributed by atoms with Crippen LogP contribution in [-0.2, 0) is 0 Å². The first-order valence-electron chi connectivity index (χ1n) is 3.45. The monoisotopic (exact) mass is 128 g/mol. The van der Waals surface area contributed by atoms with Crippen molar-refractivity contribution in [1.82, 2.24) is 5.32 Å². The molecular formula is C7H16N2. The lowest BCUT2D eigenvalue weighted by molar-refractivity contribution is 0.257. The van der Waals surface area contributed by atoms with E-state index in [4.69, 9.17) is 5.73 Å². The Kier molecular flexibility index (Phi) is 1.33. The molecule has 0 aromatic heterocycles. The predicted molar refractivity (Wildman–Crippen MR) is 39.2 cm³/mol. The second-order valence-corrected chi connectivity index (χ2v) is 3.90. The minimum absolute atomic E-state index is 0.0208. The van der Waals surface area contributed by atoms with E-state index < -0.39 is 0 Å². The quantitative estimate of drug-likeness (QED) is 0.493. The zero-order chi connectivity index (χ0) is 7.12. The minimum atomic E-state index is -0.0208. The topological polar surface area (TPSA) is 38.0 Å². The molecule has 0 aromatic carbocycles. The number of rotatable bonds is 0. The average molecular weight is 128 g/mol. The molecule has 0 aliphatic carbocycles. The molecule has 0 amide bonds. The molecule has 1 atom stereocenters. The van der Waals surface area contributed by atoms with E-state index in [2.05, 4.69) is 26.1 Å². The molecule has 0 bridgehead atoms. The molecular weight excluding hydrogens is 112 g/mol. The fourth-order valence-corrected chi connectivity index (χ4v) is 1.08. The van der Waals surface area contributed by atoms with Gasteiger partial charge in [-0.05, 0) is 12.3 Å². The van der Waals surface area contributed by atoms with Crippen molar-refractivity contribution in [2.75, 3.05) is 13.1 Å². The van der Waals surface area contributed by atoms with Crippen molar-refractivity contribution in [1.29, 1.82) is 0 Å². The summed E-state index contributed by atoms with van der Waals surface area (Å²) in [5.41, 5.74) is 6.23. The molecule has 0 spiro atoms. The normalized spacial score (nSPS) is 41.3. The number of hydrogen-bond acceptors (Lipinski definition) is 2. The van der Waals surface area contributed by atoms with Crippen molar-refractivity contribution in [2.24, 2.45) is 11.1 Å². The van der Waals surface area contributed by atoms with E-state index in [1.165, 1.54) is 0 Å². The number of nitrogens with two attached hydrogens (primary N) is 1. The van der Waals surface area contributed by atoms with E-state index in [0.29, 0.717) is 0 Å². The van der Waals surface area contributed by atoms with Crippen LogP contribution in [0.5, 0.6) is 0 Å². The van der Waals surface area contributed by atoms with Gasteiger partial charge >= 0.3 is 0 Å². The van der Waals surface area contributed by atoms with Gasteiger partial charge in [0, 0.05) is 18.6 Å². The van der Waals surface area contributed by atoms with Crippen LogP contribution in [0, 0.1) is 5.41 Å². The summed E-state index contributed by atoms with van der Waals surface area (Å²) >= 11 is 0. The number of hydrogen-bond donors (Lipinski definition) is 2. The summed E-state index contributed by atoms with van der Waals surface area (Å²) in [5.74, 6) is 0. The molecule has 54 valence electrons. The summed E-state index contributed by atoms with van der Waals surface area (Å²) in [6, 6.07) is 0. The average Bonchev–Trinajstić information content (AvgIpc) is 1.81. The van der Waals surface area contributed by atoms with Crippen LogP contribution in [0.4, 0.5) is 0 Å². The molecule has 1 saturated heterocycles. The first kappa shape index (κ1) is 7.03. The second kappa shape index (κ2) is 1.70. The maximum absolute atomic E-state index is 5.99. The lowest BCUT2D eigenvalue weighted by Crippen LogP contribution is -2.49. The van der Waals surface area contributed by atoms with Crippen LogP contribution >= 0.6 is 0 Å². The molecule has 1 aliphatic heterocycles. The van der Waals surface area contributed by atoms with E-state index in [0.717, 1.165) is 13.1 Å². The van der Waals surface area contributed by atoms with Crippen molar-refractivity contribution < 1.29 is 0 Å². The number of nitrogens with one attached hydrogen (secondary N) is 1. The fraction of sp³-hybridized carbons (Fsp3) is 1.00. The van der Waals surface area contributed by atoms with Gasteiger partial charge in [-0.1, -0.05) is 13.8 Å². The van der Waals surface area contributed by atoms with Gasteiger partial charge in [0.25, 0.3) is 0 Å². The van der Waals surface area contributed by atoms with Gasteiger partial charge < -0.3 is 11.1 Å². The molecule has 2 heteroatoms. The molecule has 0 aromatic rings. The SMILES string of the molecule is CC1(C)CNCC1(C)N. The van der Waals surface area contributed by atoms with Crippen LogP contribution in [0.15, 0.2) is 0 Å². The van der Waals surface area contributed by atoms with E-state index in [-0.39, 0.29) is 11.0 Å². The van der Waals surface area contributed by atoms with E-state index >= 15 is 0 Å². The summed E-state index contributed by atoms with van der Waals surface area (Å²) in [7, 11) is 0. The van der Waals surface area contributed by atoms with Gasteiger partial charge in [-0.25, -0.2) is 0 Å². The first-order valence-corrected chi connectivity index (χ1v) is 3.45. The highest BCUT2D eigenvalue weighted by Crippen LogP contribution is 2.31. The predicted octanol–water partition coefficient (Wildman–Crippen LogP) is 0.333. The molecule has 9 heavy (non-hydrogen) atoms. The third-order valence-electron chi connectivity index (χ3n) is 2.61. The standard InChI is InChI=1S/C7H16N2/c1-6(2)4-9-5-7(6,3)8/h9H,4-5,8H2,1-3H3. The second-order valence-electron chi connectivity index (χ2n) is 3.90. The lowest BCUT2D eigenvalue weighted by atomic mass is 9.77. The van der Waals surface area contributed by atoms with Crippen LogP contribution in [0.2, 0.25) is 0 Å². The summed E-state index contributed by atoms with van der Waals surface area (Å²) in [6.07, 6.45) is 0. The van der Waals surface area contributed by atoms with E-state index in [9.17, 15) is 0 Å². The Morgan fingerprint density at radius 3 is 1.89 bits per heavy atom. The van der Waals surface area contributed by atoms with Crippen LogP contribution < -0.4 is 11.1 Å². The zero-order valence-corrected chi connectivity index (χ0v) is 6.49. The smallest absolute Gasteiger partial charge is 0.0316 e. The molecule has 0 saturated carbocycles. The van der Waals surface area contributed by atoms with Gasteiger partial charge in [0.15, 0.2) is 0 Å². The Morgan fingerprint density at radius 2 is 1.78 bits per heavy atom. The summed E-state index contributed by atoms with van der Waals surface area (Å²) in [4.78, 5) is 0. The van der Waals surface area contributed by atoms with Gasteiger partial charge in [-0.2, -0.15) is 0 Å². The van der Waals surface area contributed by atoms with Crippen molar-refractivity contribution in [3.05, 3.63) is 0 Å². The molecule has 0 radical (unpaired) electrons. The van der Waals surface area contributed by atoms with Gasteiger partial charge in [0.1, 0.15) is 0 Å². The van der Waals surface area contributed by atoms with Gasteiger partial charge in [-0.3, -0.25) is 0 Å². The third-order valence-corrected chi connectivity index (χ3v) is 2.61.